The van der Waals surface area contributed by atoms with Crippen LogP contribution in [-0.4, -0.2) is 140 Å². The standard InChI is InChI=1S/C59H95NO13/c1-3-5-7-9-11-13-15-16-17-18-19-20-21-22-23-24-25-26-27-28-29-30-31-32-33-35-37-39-41-43-51(64)60-47(48(63)42-40-38-36-34-14-12-10-8-6-4-2)46-70-58-56(69)54(67)57(50(45-62)72-58)73-59-55(68)53(66)52(65)49(44-61)71-59/h5,7,11,13-14,16-17,19-20,22-23,25-26,28-29,31-32,34,40,42,47-50,52-59,61-63,65-69H,3-4,6,8-10,12,15,18,21,24,27,30,33,35-39,41,43-46H2,1-2H3,(H,60,64)/b7-5-,13-11-,17-16-,20-19-,23-22-,26-25-,29-28-,32-31-,34-14+,42-40+. The molecule has 0 spiro atoms. The fourth-order valence-electron chi connectivity index (χ4n) is 7.97. The molecule has 414 valence electrons. The fraction of sp³-hybridized carbons (Fsp3) is 0.644. The molecule has 2 fully saturated rings. The Labute approximate surface area is 438 Å². The first kappa shape index (κ1) is 65.5. The Kier molecular flexibility index (Phi) is 39.1. The van der Waals surface area contributed by atoms with Crippen LogP contribution in [0.5, 0.6) is 0 Å². The molecule has 1 amide bonds. The Hall–Kier alpha value is -3.61. The highest BCUT2D eigenvalue weighted by atomic mass is 16.7. The van der Waals surface area contributed by atoms with Gasteiger partial charge in [-0.3, -0.25) is 4.79 Å². The van der Waals surface area contributed by atoms with Gasteiger partial charge in [0.1, 0.15) is 48.8 Å². The predicted octanol–water partition coefficient (Wildman–Crippen LogP) is 8.27. The molecule has 73 heavy (non-hydrogen) atoms. The summed E-state index contributed by atoms with van der Waals surface area (Å²) < 4.78 is 22.6. The minimum Gasteiger partial charge on any atom is -0.394 e. The van der Waals surface area contributed by atoms with Gasteiger partial charge in [0.15, 0.2) is 12.6 Å². The number of ether oxygens (including phenoxy) is 4. The quantitative estimate of drug-likeness (QED) is 0.0208. The molecule has 0 saturated carbocycles. The molecular weight excluding hydrogens is 931 g/mol. The zero-order chi connectivity index (χ0) is 53.2. The number of carbonyl (C=O) groups excluding carboxylic acids is 1. The number of hydrogen-bond donors (Lipinski definition) is 9. The van der Waals surface area contributed by atoms with Crippen LogP contribution in [0.4, 0.5) is 0 Å². The van der Waals surface area contributed by atoms with Crippen molar-refractivity contribution in [3.8, 4) is 0 Å². The van der Waals surface area contributed by atoms with Crippen LogP contribution in [0, 0.1) is 0 Å². The predicted molar refractivity (Wildman–Crippen MR) is 290 cm³/mol. The van der Waals surface area contributed by atoms with Crippen LogP contribution < -0.4 is 5.32 Å². The second-order valence-corrected chi connectivity index (χ2v) is 18.6. The lowest BCUT2D eigenvalue weighted by Gasteiger charge is -2.46. The van der Waals surface area contributed by atoms with E-state index in [0.717, 1.165) is 96.3 Å². The van der Waals surface area contributed by atoms with E-state index in [1.54, 1.807) is 6.08 Å². The molecule has 14 nitrogen and oxygen atoms in total. The molecule has 12 unspecified atom stereocenters. The Bertz CT molecular complexity index is 1680. The maximum atomic E-state index is 13.2. The normalized spacial score (nSPS) is 26.4. The minimum atomic E-state index is -1.80. The molecule has 0 aromatic rings. The van der Waals surface area contributed by atoms with Gasteiger partial charge in [0.2, 0.25) is 5.91 Å². The Morgan fingerprint density at radius 1 is 0.507 bits per heavy atom. The number of amides is 1. The summed E-state index contributed by atoms with van der Waals surface area (Å²) >= 11 is 0. The maximum Gasteiger partial charge on any atom is 0.220 e. The van der Waals surface area contributed by atoms with Crippen molar-refractivity contribution < 1.29 is 64.6 Å². The molecule has 2 heterocycles. The fourth-order valence-corrected chi connectivity index (χ4v) is 7.97. The molecule has 2 saturated heterocycles. The summed E-state index contributed by atoms with van der Waals surface area (Å²) in [6, 6.07) is -0.953. The van der Waals surface area contributed by atoms with Crippen molar-refractivity contribution in [1.82, 2.24) is 5.32 Å². The third-order valence-corrected chi connectivity index (χ3v) is 12.4. The first-order valence-electron chi connectivity index (χ1n) is 27.3. The van der Waals surface area contributed by atoms with Gasteiger partial charge in [-0.15, -0.1) is 0 Å². The monoisotopic (exact) mass is 1030 g/mol. The van der Waals surface area contributed by atoms with Crippen LogP contribution in [0.25, 0.3) is 0 Å². The van der Waals surface area contributed by atoms with E-state index in [-0.39, 0.29) is 18.9 Å². The van der Waals surface area contributed by atoms with Gasteiger partial charge in [0.05, 0.1) is 32.0 Å². The molecule has 0 aliphatic carbocycles. The number of rotatable bonds is 40. The molecule has 9 N–H and O–H groups in total. The summed E-state index contributed by atoms with van der Waals surface area (Å²) in [4.78, 5) is 13.2. The molecule has 2 aliphatic rings. The number of unbranched alkanes of at least 4 members (excludes halogenated alkanes) is 9. The minimum absolute atomic E-state index is 0.234. The SMILES string of the molecule is CC/C=C\C/C=C\C/C=C\C/C=C\C/C=C\C/C=C\C/C=C\C/C=C\CCCCCCC(=O)NC(COC1OC(CO)C(OC2OC(CO)C(O)C(O)C2O)C(O)C1O)C(O)/C=C/CC/C=C/CCCCCC. The lowest BCUT2D eigenvalue weighted by molar-refractivity contribution is -0.359. The average molecular weight is 1030 g/mol. The summed E-state index contributed by atoms with van der Waals surface area (Å²) in [5, 5.41) is 86.7. The smallest absolute Gasteiger partial charge is 0.220 e. The van der Waals surface area contributed by atoms with E-state index in [4.69, 9.17) is 18.9 Å². The number of carbonyl (C=O) groups is 1. The molecule has 0 bridgehead atoms. The van der Waals surface area contributed by atoms with E-state index < -0.39 is 86.8 Å². The van der Waals surface area contributed by atoms with E-state index >= 15 is 0 Å². The van der Waals surface area contributed by atoms with Crippen LogP contribution in [-0.2, 0) is 23.7 Å². The number of aliphatic hydroxyl groups excluding tert-OH is 8. The Morgan fingerprint density at radius 3 is 1.49 bits per heavy atom. The first-order valence-corrected chi connectivity index (χ1v) is 27.3. The van der Waals surface area contributed by atoms with Crippen LogP contribution in [0.3, 0.4) is 0 Å². The van der Waals surface area contributed by atoms with E-state index in [2.05, 4.69) is 129 Å². The molecule has 12 atom stereocenters. The van der Waals surface area contributed by atoms with E-state index in [0.29, 0.717) is 12.8 Å². The summed E-state index contributed by atoms with van der Waals surface area (Å²) in [7, 11) is 0. The van der Waals surface area contributed by atoms with E-state index in [1.165, 1.54) is 19.3 Å². The second kappa shape index (κ2) is 43.6. The molecular formula is C59H95NO13. The summed E-state index contributed by atoms with van der Waals surface area (Å²) in [5.41, 5.74) is 0. The molecule has 0 aromatic heterocycles. The number of aliphatic hydroxyl groups is 8. The molecule has 0 radical (unpaired) electrons. The Morgan fingerprint density at radius 2 is 0.959 bits per heavy atom. The van der Waals surface area contributed by atoms with Crippen molar-refractivity contribution in [3.05, 3.63) is 122 Å². The largest absolute Gasteiger partial charge is 0.394 e. The van der Waals surface area contributed by atoms with Gasteiger partial charge in [-0.2, -0.15) is 0 Å². The third-order valence-electron chi connectivity index (χ3n) is 12.4. The number of allylic oxidation sites excluding steroid dienone is 19. The van der Waals surface area contributed by atoms with Gasteiger partial charge in [-0.1, -0.05) is 167 Å². The molecule has 14 heteroatoms. The van der Waals surface area contributed by atoms with Crippen molar-refractivity contribution >= 4 is 5.91 Å². The molecule has 2 aliphatic heterocycles. The van der Waals surface area contributed by atoms with Crippen LogP contribution in [0.1, 0.15) is 149 Å². The molecule has 0 aromatic carbocycles. The van der Waals surface area contributed by atoms with Gasteiger partial charge in [0.25, 0.3) is 0 Å². The van der Waals surface area contributed by atoms with Gasteiger partial charge in [-0.05, 0) is 96.3 Å². The van der Waals surface area contributed by atoms with E-state index in [9.17, 15) is 45.6 Å². The highest BCUT2D eigenvalue weighted by Crippen LogP contribution is 2.30. The van der Waals surface area contributed by atoms with Crippen molar-refractivity contribution in [2.24, 2.45) is 0 Å². The van der Waals surface area contributed by atoms with Gasteiger partial charge < -0.3 is 65.1 Å². The lowest BCUT2D eigenvalue weighted by Crippen LogP contribution is -2.65. The zero-order valence-electron chi connectivity index (χ0n) is 44.1. The topological polar surface area (TPSA) is 228 Å². The lowest BCUT2D eigenvalue weighted by atomic mass is 9.97. The van der Waals surface area contributed by atoms with E-state index in [1.807, 2.05) is 6.08 Å². The first-order chi connectivity index (χ1) is 35.6. The summed E-state index contributed by atoms with van der Waals surface area (Å²) in [6.45, 7) is 2.56. The van der Waals surface area contributed by atoms with Crippen molar-refractivity contribution in [2.75, 3.05) is 19.8 Å². The van der Waals surface area contributed by atoms with Crippen LogP contribution in [0.15, 0.2) is 122 Å². The third kappa shape index (κ3) is 29.9. The van der Waals surface area contributed by atoms with Gasteiger partial charge in [-0.25, -0.2) is 0 Å². The Balaban J connectivity index is 1.75. The average Bonchev–Trinajstić information content (AvgIpc) is 3.39. The number of hydrogen-bond acceptors (Lipinski definition) is 13. The summed E-state index contributed by atoms with van der Waals surface area (Å²) in [6.07, 6.45) is 45.4. The second-order valence-electron chi connectivity index (χ2n) is 18.6. The number of nitrogens with one attached hydrogen (secondary N) is 1. The van der Waals surface area contributed by atoms with Crippen molar-refractivity contribution in [1.29, 1.82) is 0 Å². The highest BCUT2D eigenvalue weighted by Gasteiger charge is 2.51. The van der Waals surface area contributed by atoms with Gasteiger partial charge >= 0.3 is 0 Å². The highest BCUT2D eigenvalue weighted by molar-refractivity contribution is 5.76. The van der Waals surface area contributed by atoms with Gasteiger partial charge in [0, 0.05) is 6.42 Å². The zero-order valence-corrected chi connectivity index (χ0v) is 44.1. The van der Waals surface area contributed by atoms with Crippen molar-refractivity contribution in [3.63, 3.8) is 0 Å². The maximum absolute atomic E-state index is 13.2. The molecule has 2 rings (SSSR count). The summed E-state index contributed by atoms with van der Waals surface area (Å²) in [5.74, 6) is -0.283. The van der Waals surface area contributed by atoms with Crippen LogP contribution >= 0.6 is 0 Å². The van der Waals surface area contributed by atoms with Crippen LogP contribution in [0.2, 0.25) is 0 Å². The van der Waals surface area contributed by atoms with Crippen molar-refractivity contribution in [2.45, 2.75) is 222 Å².